The number of morpholine rings is 1. The number of anilines is 1. The van der Waals surface area contributed by atoms with E-state index in [4.69, 9.17) is 4.74 Å². The highest BCUT2D eigenvalue weighted by atomic mass is 32.1. The maximum atomic E-state index is 12.9. The van der Waals surface area contributed by atoms with E-state index in [0.717, 1.165) is 54.9 Å². The van der Waals surface area contributed by atoms with Gasteiger partial charge in [0.1, 0.15) is 16.9 Å². The molecule has 1 amide bonds. The molecule has 1 fully saturated rings. The van der Waals surface area contributed by atoms with Gasteiger partial charge in [-0.3, -0.25) is 4.79 Å². The van der Waals surface area contributed by atoms with Gasteiger partial charge >= 0.3 is 0 Å². The van der Waals surface area contributed by atoms with Crippen LogP contribution in [0.2, 0.25) is 0 Å². The van der Waals surface area contributed by atoms with Gasteiger partial charge in [-0.25, -0.2) is 4.98 Å². The summed E-state index contributed by atoms with van der Waals surface area (Å²) in [5.41, 5.74) is 3.05. The monoisotopic (exact) mass is 369 g/mol. The molecule has 1 saturated heterocycles. The number of nitrogens with zero attached hydrogens (tertiary/aromatic N) is 5. The molecule has 7 nitrogen and oxygen atoms in total. The lowest BCUT2D eigenvalue weighted by molar-refractivity contribution is 0.0787. The van der Waals surface area contributed by atoms with E-state index in [9.17, 15) is 4.79 Å². The Morgan fingerprint density at radius 2 is 2.12 bits per heavy atom. The van der Waals surface area contributed by atoms with Crippen LogP contribution in [0.25, 0.3) is 11.0 Å². The molecular formula is C18H19N5O2S. The number of carbonyl (C=O) groups is 1. The van der Waals surface area contributed by atoms with E-state index in [2.05, 4.69) is 18.6 Å². The number of amides is 1. The van der Waals surface area contributed by atoms with Crippen LogP contribution in [0.3, 0.4) is 0 Å². The van der Waals surface area contributed by atoms with E-state index in [1.165, 1.54) is 0 Å². The number of benzene rings is 1. The van der Waals surface area contributed by atoms with Crippen molar-refractivity contribution >= 4 is 34.5 Å². The van der Waals surface area contributed by atoms with Crippen LogP contribution in [0.4, 0.5) is 5.82 Å². The second-order valence-corrected chi connectivity index (χ2v) is 6.75. The van der Waals surface area contributed by atoms with Crippen molar-refractivity contribution in [3.8, 4) is 0 Å². The largest absolute Gasteiger partial charge is 0.378 e. The fraction of sp³-hybridized carbons (Fsp3) is 0.333. The standard InChI is InChI=1S/C18H19N5O2S/c1-22(18(24)14-3-2-4-15-17(14)21-26-20-15)12-13-5-6-19-16(11-13)23-7-9-25-10-8-23/h2-6,11H,7-10,12H2,1H3. The third kappa shape index (κ3) is 3.38. The Hall–Kier alpha value is -2.58. The molecule has 1 aliphatic heterocycles. The molecule has 4 rings (SSSR count). The van der Waals surface area contributed by atoms with Crippen LogP contribution >= 0.6 is 11.7 Å². The zero-order valence-electron chi connectivity index (χ0n) is 14.5. The van der Waals surface area contributed by atoms with Crippen molar-refractivity contribution in [2.45, 2.75) is 6.54 Å². The number of hydrogen-bond donors (Lipinski definition) is 0. The second kappa shape index (κ2) is 7.35. The third-order valence-electron chi connectivity index (χ3n) is 4.43. The Morgan fingerprint density at radius 3 is 2.96 bits per heavy atom. The van der Waals surface area contributed by atoms with Crippen molar-refractivity contribution in [1.82, 2.24) is 18.6 Å². The number of ether oxygens (including phenoxy) is 1. The number of carbonyl (C=O) groups excluding carboxylic acids is 1. The molecule has 8 heteroatoms. The summed E-state index contributed by atoms with van der Waals surface area (Å²) in [7, 11) is 1.80. The van der Waals surface area contributed by atoms with Gasteiger partial charge in [0.2, 0.25) is 0 Å². The van der Waals surface area contributed by atoms with Crippen molar-refractivity contribution in [3.05, 3.63) is 47.7 Å². The molecule has 0 bridgehead atoms. The van der Waals surface area contributed by atoms with Crippen LogP contribution in [-0.2, 0) is 11.3 Å². The Kier molecular flexibility index (Phi) is 4.77. The van der Waals surface area contributed by atoms with Crippen molar-refractivity contribution in [2.75, 3.05) is 38.3 Å². The minimum atomic E-state index is -0.0620. The Morgan fingerprint density at radius 1 is 1.27 bits per heavy atom. The minimum Gasteiger partial charge on any atom is -0.378 e. The van der Waals surface area contributed by atoms with Gasteiger partial charge in [0.15, 0.2) is 0 Å². The molecule has 0 N–H and O–H groups in total. The lowest BCUT2D eigenvalue weighted by atomic mass is 10.1. The van der Waals surface area contributed by atoms with Crippen LogP contribution in [-0.4, -0.2) is 57.9 Å². The highest BCUT2D eigenvalue weighted by molar-refractivity contribution is 7.00. The molecular weight excluding hydrogens is 350 g/mol. The summed E-state index contributed by atoms with van der Waals surface area (Å²) in [5.74, 6) is 0.866. The van der Waals surface area contributed by atoms with E-state index in [0.29, 0.717) is 17.6 Å². The van der Waals surface area contributed by atoms with Gasteiger partial charge in [0.05, 0.1) is 30.5 Å². The molecule has 0 unspecified atom stereocenters. The molecule has 134 valence electrons. The first-order valence-electron chi connectivity index (χ1n) is 8.47. The molecule has 3 aromatic rings. The first kappa shape index (κ1) is 16.9. The summed E-state index contributed by atoms with van der Waals surface area (Å²) in [6.45, 7) is 3.62. The van der Waals surface area contributed by atoms with E-state index >= 15 is 0 Å². The smallest absolute Gasteiger partial charge is 0.256 e. The summed E-state index contributed by atoms with van der Waals surface area (Å²) in [6.07, 6.45) is 1.80. The number of aromatic nitrogens is 3. The van der Waals surface area contributed by atoms with Crippen LogP contribution in [0.15, 0.2) is 36.5 Å². The quantitative estimate of drug-likeness (QED) is 0.702. The molecule has 0 atom stereocenters. The van der Waals surface area contributed by atoms with Gasteiger partial charge in [-0.05, 0) is 29.8 Å². The predicted octanol–water partition coefficient (Wildman–Crippen LogP) is 2.20. The Balaban J connectivity index is 1.51. The highest BCUT2D eigenvalue weighted by Crippen LogP contribution is 2.20. The summed E-state index contributed by atoms with van der Waals surface area (Å²) in [6, 6.07) is 9.49. The molecule has 0 spiro atoms. The van der Waals surface area contributed by atoms with Gasteiger partial charge in [0, 0.05) is 32.9 Å². The minimum absolute atomic E-state index is 0.0620. The van der Waals surface area contributed by atoms with Gasteiger partial charge in [-0.15, -0.1) is 0 Å². The fourth-order valence-electron chi connectivity index (χ4n) is 3.05. The summed E-state index contributed by atoms with van der Waals surface area (Å²) in [5, 5.41) is 0. The van der Waals surface area contributed by atoms with E-state index < -0.39 is 0 Å². The number of hydrogen-bond acceptors (Lipinski definition) is 7. The molecule has 3 heterocycles. The number of fused-ring (bicyclic) bond motifs is 1. The number of rotatable bonds is 4. The van der Waals surface area contributed by atoms with Crippen molar-refractivity contribution in [1.29, 1.82) is 0 Å². The maximum absolute atomic E-state index is 12.9. The van der Waals surface area contributed by atoms with E-state index in [1.807, 2.05) is 24.3 Å². The van der Waals surface area contributed by atoms with E-state index in [1.54, 1.807) is 24.2 Å². The fourth-order valence-corrected chi connectivity index (χ4v) is 3.60. The zero-order chi connectivity index (χ0) is 17.9. The second-order valence-electron chi connectivity index (χ2n) is 6.22. The van der Waals surface area contributed by atoms with Crippen molar-refractivity contribution in [2.24, 2.45) is 0 Å². The molecule has 1 aliphatic rings. The van der Waals surface area contributed by atoms with Crippen molar-refractivity contribution < 1.29 is 9.53 Å². The first-order chi connectivity index (χ1) is 12.7. The molecule has 26 heavy (non-hydrogen) atoms. The SMILES string of the molecule is CN(Cc1ccnc(N2CCOCC2)c1)C(=O)c1cccc2nsnc12. The third-order valence-corrected chi connectivity index (χ3v) is 4.97. The molecule has 2 aromatic heterocycles. The lowest BCUT2D eigenvalue weighted by Crippen LogP contribution is -2.36. The van der Waals surface area contributed by atoms with Gasteiger partial charge in [-0.2, -0.15) is 8.75 Å². The average Bonchev–Trinajstić information content (AvgIpc) is 3.17. The van der Waals surface area contributed by atoms with Crippen LogP contribution in [0.1, 0.15) is 15.9 Å². The van der Waals surface area contributed by atoms with Crippen LogP contribution in [0, 0.1) is 0 Å². The lowest BCUT2D eigenvalue weighted by Gasteiger charge is -2.28. The Bertz CT molecular complexity index is 923. The predicted molar refractivity (Wildman–Crippen MR) is 100 cm³/mol. The normalized spacial score (nSPS) is 14.6. The molecule has 1 aromatic carbocycles. The van der Waals surface area contributed by atoms with E-state index in [-0.39, 0.29) is 5.91 Å². The Labute approximate surface area is 155 Å². The van der Waals surface area contributed by atoms with Crippen LogP contribution in [0.5, 0.6) is 0 Å². The van der Waals surface area contributed by atoms with Gasteiger partial charge in [0.25, 0.3) is 5.91 Å². The van der Waals surface area contributed by atoms with Crippen molar-refractivity contribution in [3.63, 3.8) is 0 Å². The molecule has 0 aliphatic carbocycles. The molecule has 0 saturated carbocycles. The van der Waals surface area contributed by atoms with Crippen LogP contribution < -0.4 is 4.90 Å². The van der Waals surface area contributed by atoms with Gasteiger partial charge in [-0.1, -0.05) is 6.07 Å². The zero-order valence-corrected chi connectivity index (χ0v) is 15.3. The summed E-state index contributed by atoms with van der Waals surface area (Å²) >= 11 is 1.12. The average molecular weight is 369 g/mol. The first-order valence-corrected chi connectivity index (χ1v) is 9.20. The summed E-state index contributed by atoms with van der Waals surface area (Å²) < 4.78 is 13.9. The summed E-state index contributed by atoms with van der Waals surface area (Å²) in [4.78, 5) is 21.2. The highest BCUT2D eigenvalue weighted by Gasteiger charge is 2.18. The molecule has 0 radical (unpaired) electrons. The van der Waals surface area contributed by atoms with Gasteiger partial charge < -0.3 is 14.5 Å². The maximum Gasteiger partial charge on any atom is 0.256 e. The topological polar surface area (TPSA) is 71.5 Å². The number of pyridine rings is 1.